The lowest BCUT2D eigenvalue weighted by molar-refractivity contribution is 0.0701. The van der Waals surface area contributed by atoms with Crippen LogP contribution in [0.25, 0.3) is 0 Å². The lowest BCUT2D eigenvalue weighted by atomic mass is 9.88. The van der Waals surface area contributed by atoms with Crippen LogP contribution >= 0.6 is 11.6 Å². The Balaban J connectivity index is 2.29. The number of likely N-dealkylation sites (tertiary alicyclic amines) is 1. The number of hydrogen-bond donors (Lipinski definition) is 1. The summed E-state index contributed by atoms with van der Waals surface area (Å²) in [5.74, 6) is 0. The van der Waals surface area contributed by atoms with E-state index in [2.05, 4.69) is 37.7 Å². The maximum Gasteiger partial charge on any atom is 0.0834 e. The molecule has 1 aromatic heterocycles. The van der Waals surface area contributed by atoms with Crippen molar-refractivity contribution >= 4 is 11.6 Å². The van der Waals surface area contributed by atoms with Crippen molar-refractivity contribution in [2.24, 2.45) is 5.73 Å². The molecule has 0 saturated carbocycles. The summed E-state index contributed by atoms with van der Waals surface area (Å²) in [4.78, 5) is 2.50. The highest BCUT2D eigenvalue weighted by atomic mass is 35.5. The average molecular weight is 299 g/mol. The van der Waals surface area contributed by atoms with Gasteiger partial charge in [0, 0.05) is 11.6 Å². The Bertz CT molecular complexity index is 447. The molecule has 4 nitrogen and oxygen atoms in total. The summed E-state index contributed by atoms with van der Waals surface area (Å²) in [7, 11) is 0. The van der Waals surface area contributed by atoms with Crippen LogP contribution in [0.4, 0.5) is 0 Å². The van der Waals surface area contributed by atoms with Gasteiger partial charge in [-0.25, -0.2) is 0 Å². The lowest BCUT2D eigenvalue weighted by Crippen LogP contribution is -2.53. The van der Waals surface area contributed by atoms with Crippen LogP contribution in [-0.2, 0) is 0 Å². The number of hydrogen-bond acceptors (Lipinski definition) is 3. The molecule has 1 unspecified atom stereocenters. The molecule has 0 amide bonds. The van der Waals surface area contributed by atoms with Crippen molar-refractivity contribution in [2.75, 3.05) is 13.1 Å². The van der Waals surface area contributed by atoms with Gasteiger partial charge in [0.1, 0.15) is 0 Å². The third-order valence-corrected chi connectivity index (χ3v) is 4.79. The minimum absolute atomic E-state index is 0.114. The molecule has 2 rings (SSSR count). The zero-order valence-corrected chi connectivity index (χ0v) is 13.8. The lowest BCUT2D eigenvalue weighted by Gasteiger charge is -2.44. The molecule has 1 aliphatic heterocycles. The second-order valence-corrected chi connectivity index (χ2v) is 7.00. The van der Waals surface area contributed by atoms with E-state index < -0.39 is 0 Å². The predicted octanol–water partition coefficient (Wildman–Crippen LogP) is 3.38. The third kappa shape index (κ3) is 2.87. The first-order valence-corrected chi connectivity index (χ1v) is 7.97. The van der Waals surface area contributed by atoms with E-state index in [0.717, 1.165) is 18.8 Å². The monoisotopic (exact) mass is 298 g/mol. The van der Waals surface area contributed by atoms with Gasteiger partial charge in [0.2, 0.25) is 0 Å². The van der Waals surface area contributed by atoms with Gasteiger partial charge in [0.25, 0.3) is 0 Å². The minimum Gasteiger partial charge on any atom is -0.321 e. The second-order valence-electron chi connectivity index (χ2n) is 6.60. The summed E-state index contributed by atoms with van der Waals surface area (Å²) >= 11 is 6.35. The van der Waals surface area contributed by atoms with Crippen molar-refractivity contribution in [2.45, 2.75) is 64.6 Å². The molecule has 114 valence electrons. The Morgan fingerprint density at radius 2 is 1.85 bits per heavy atom. The van der Waals surface area contributed by atoms with Gasteiger partial charge in [0.05, 0.1) is 23.0 Å². The first-order valence-electron chi connectivity index (χ1n) is 7.59. The molecule has 2 N–H and O–H groups in total. The van der Waals surface area contributed by atoms with Crippen molar-refractivity contribution in [3.63, 3.8) is 0 Å². The molecule has 0 radical (unpaired) electrons. The van der Waals surface area contributed by atoms with Crippen LogP contribution in [0.2, 0.25) is 5.02 Å². The summed E-state index contributed by atoms with van der Waals surface area (Å²) in [5, 5.41) is 5.06. The SMILES string of the molecule is CC(C)n1ncc(Cl)c1C(N)C(C)(C)N1CCCCC1. The summed E-state index contributed by atoms with van der Waals surface area (Å²) < 4.78 is 1.96. The van der Waals surface area contributed by atoms with E-state index in [-0.39, 0.29) is 17.6 Å². The van der Waals surface area contributed by atoms with Gasteiger partial charge in [-0.2, -0.15) is 5.10 Å². The number of rotatable bonds is 4. The highest BCUT2D eigenvalue weighted by Gasteiger charge is 2.37. The molecule has 20 heavy (non-hydrogen) atoms. The summed E-state index contributed by atoms with van der Waals surface area (Å²) in [5.41, 5.74) is 7.44. The van der Waals surface area contributed by atoms with Gasteiger partial charge in [-0.3, -0.25) is 9.58 Å². The fourth-order valence-electron chi connectivity index (χ4n) is 3.05. The molecule has 1 atom stereocenters. The summed E-state index contributed by atoms with van der Waals surface area (Å²) in [6.07, 6.45) is 5.55. The van der Waals surface area contributed by atoms with E-state index in [9.17, 15) is 0 Å². The Labute approximate surface area is 127 Å². The Morgan fingerprint density at radius 3 is 2.40 bits per heavy atom. The molecule has 0 aliphatic carbocycles. The number of aromatic nitrogens is 2. The van der Waals surface area contributed by atoms with Crippen molar-refractivity contribution in [1.82, 2.24) is 14.7 Å². The Morgan fingerprint density at radius 1 is 1.25 bits per heavy atom. The van der Waals surface area contributed by atoms with E-state index in [1.807, 2.05) is 4.68 Å². The van der Waals surface area contributed by atoms with Crippen molar-refractivity contribution in [3.05, 3.63) is 16.9 Å². The fraction of sp³-hybridized carbons (Fsp3) is 0.800. The van der Waals surface area contributed by atoms with E-state index >= 15 is 0 Å². The number of nitrogens with zero attached hydrogens (tertiary/aromatic N) is 3. The standard InChI is InChI=1S/C15H27ClN4/c1-11(2)20-13(12(16)10-18-20)14(17)15(3,4)19-8-6-5-7-9-19/h10-11,14H,5-9,17H2,1-4H3. The van der Waals surface area contributed by atoms with Crippen molar-refractivity contribution < 1.29 is 0 Å². The topological polar surface area (TPSA) is 47.1 Å². The van der Waals surface area contributed by atoms with Crippen LogP contribution in [0, 0.1) is 0 Å². The molecule has 0 spiro atoms. The van der Waals surface area contributed by atoms with Gasteiger partial charge in [0.15, 0.2) is 0 Å². The quantitative estimate of drug-likeness (QED) is 0.927. The number of nitrogens with two attached hydrogens (primary N) is 1. The molecule has 1 fully saturated rings. The molecule has 2 heterocycles. The van der Waals surface area contributed by atoms with Gasteiger partial charge >= 0.3 is 0 Å². The highest BCUT2D eigenvalue weighted by molar-refractivity contribution is 6.31. The molecule has 1 aromatic rings. The molecular formula is C15H27ClN4. The number of halogens is 1. The van der Waals surface area contributed by atoms with Crippen LogP contribution in [0.15, 0.2) is 6.20 Å². The number of piperidine rings is 1. The smallest absolute Gasteiger partial charge is 0.0834 e. The second kappa shape index (κ2) is 6.04. The van der Waals surface area contributed by atoms with Crippen molar-refractivity contribution in [3.8, 4) is 0 Å². The average Bonchev–Trinajstić information content (AvgIpc) is 2.80. The van der Waals surface area contributed by atoms with Crippen LogP contribution in [0.1, 0.15) is 64.7 Å². The zero-order chi connectivity index (χ0) is 14.9. The minimum atomic E-state index is -0.141. The molecular weight excluding hydrogens is 272 g/mol. The first-order chi connectivity index (χ1) is 9.35. The molecule has 1 aliphatic rings. The Kier molecular flexibility index (Phi) is 4.77. The van der Waals surface area contributed by atoms with E-state index in [4.69, 9.17) is 17.3 Å². The Hall–Kier alpha value is -0.580. The van der Waals surface area contributed by atoms with Gasteiger partial charge in [-0.1, -0.05) is 18.0 Å². The zero-order valence-electron chi connectivity index (χ0n) is 13.1. The van der Waals surface area contributed by atoms with Crippen LogP contribution in [0.3, 0.4) is 0 Å². The highest BCUT2D eigenvalue weighted by Crippen LogP contribution is 2.35. The van der Waals surface area contributed by atoms with Crippen molar-refractivity contribution in [1.29, 1.82) is 0 Å². The van der Waals surface area contributed by atoms with Gasteiger partial charge < -0.3 is 5.73 Å². The maximum absolute atomic E-state index is 6.60. The van der Waals surface area contributed by atoms with E-state index in [1.54, 1.807) is 6.20 Å². The van der Waals surface area contributed by atoms with E-state index in [1.165, 1.54) is 19.3 Å². The summed E-state index contributed by atoms with van der Waals surface area (Å²) in [6.45, 7) is 10.9. The van der Waals surface area contributed by atoms with Crippen LogP contribution in [0.5, 0.6) is 0 Å². The molecule has 1 saturated heterocycles. The normalized spacial score (nSPS) is 19.6. The van der Waals surface area contributed by atoms with Gasteiger partial charge in [-0.15, -0.1) is 0 Å². The van der Waals surface area contributed by atoms with Crippen LogP contribution in [-0.4, -0.2) is 33.3 Å². The molecule has 0 bridgehead atoms. The molecule has 5 heteroatoms. The third-order valence-electron chi connectivity index (χ3n) is 4.50. The van der Waals surface area contributed by atoms with Crippen LogP contribution < -0.4 is 5.73 Å². The van der Waals surface area contributed by atoms with Gasteiger partial charge in [-0.05, 0) is 53.6 Å². The first kappa shape index (κ1) is 15.8. The molecule has 0 aromatic carbocycles. The maximum atomic E-state index is 6.60. The largest absolute Gasteiger partial charge is 0.321 e. The predicted molar refractivity (Wildman–Crippen MR) is 84.1 cm³/mol. The van der Waals surface area contributed by atoms with E-state index in [0.29, 0.717) is 5.02 Å². The summed E-state index contributed by atoms with van der Waals surface area (Å²) in [6, 6.07) is 0.124. The fourth-order valence-corrected chi connectivity index (χ4v) is 3.30.